The van der Waals surface area contributed by atoms with Crippen LogP contribution in [-0.2, 0) is 6.18 Å². The lowest BCUT2D eigenvalue weighted by Crippen LogP contribution is -2.10. The van der Waals surface area contributed by atoms with E-state index in [2.05, 4.69) is 4.42 Å². The maximum atomic E-state index is 13.0. The zero-order valence-corrected chi connectivity index (χ0v) is 8.79. The number of hydrogen-bond donors (Lipinski definition) is 0. The summed E-state index contributed by atoms with van der Waals surface area (Å²) < 4.78 is 55.1. The van der Waals surface area contributed by atoms with Gasteiger partial charge in [-0.2, -0.15) is 13.2 Å². The van der Waals surface area contributed by atoms with E-state index < -0.39 is 23.3 Å². The molecule has 2 rings (SSSR count). The third-order valence-electron chi connectivity index (χ3n) is 2.32. The van der Waals surface area contributed by atoms with Gasteiger partial charge in [-0.15, -0.1) is 0 Å². The Bertz CT molecular complexity index is 570. The Morgan fingerprint density at radius 1 is 1.11 bits per heavy atom. The third kappa shape index (κ3) is 2.27. The first kappa shape index (κ1) is 12.3. The van der Waals surface area contributed by atoms with Gasteiger partial charge < -0.3 is 4.42 Å². The topological polar surface area (TPSA) is 30.2 Å². The van der Waals surface area contributed by atoms with Crippen LogP contribution < -0.4 is 0 Å². The quantitative estimate of drug-likeness (QED) is 0.607. The van der Waals surface area contributed by atoms with Gasteiger partial charge in [0, 0.05) is 5.56 Å². The van der Waals surface area contributed by atoms with E-state index in [0.717, 1.165) is 12.3 Å². The zero-order chi connectivity index (χ0) is 13.3. The summed E-state index contributed by atoms with van der Waals surface area (Å²) in [5.74, 6) is -2.07. The molecule has 0 aliphatic heterocycles. The van der Waals surface area contributed by atoms with Gasteiger partial charge >= 0.3 is 6.18 Å². The van der Waals surface area contributed by atoms with Gasteiger partial charge in [0.2, 0.25) is 0 Å². The van der Waals surface area contributed by atoms with Crippen LogP contribution in [0.25, 0.3) is 0 Å². The highest BCUT2D eigenvalue weighted by atomic mass is 19.4. The van der Waals surface area contributed by atoms with E-state index in [1.807, 2.05) is 0 Å². The molecule has 0 saturated heterocycles. The number of benzene rings is 1. The van der Waals surface area contributed by atoms with Crippen molar-refractivity contribution in [1.82, 2.24) is 0 Å². The number of rotatable bonds is 2. The highest BCUT2D eigenvalue weighted by molar-refractivity contribution is 6.08. The maximum Gasteiger partial charge on any atom is 0.419 e. The average Bonchev–Trinajstić information content (AvgIpc) is 2.80. The summed E-state index contributed by atoms with van der Waals surface area (Å²) in [5, 5.41) is 0. The van der Waals surface area contributed by atoms with Crippen molar-refractivity contribution in [2.45, 2.75) is 6.18 Å². The van der Waals surface area contributed by atoms with Gasteiger partial charge in [0.05, 0.1) is 17.4 Å². The molecule has 0 radical (unpaired) electrons. The lowest BCUT2D eigenvalue weighted by atomic mass is 10.0. The Hall–Kier alpha value is -2.11. The van der Waals surface area contributed by atoms with Gasteiger partial charge in [0.25, 0.3) is 0 Å². The molecular weight excluding hydrogens is 252 g/mol. The molecule has 1 aromatic heterocycles. The van der Waals surface area contributed by atoms with Crippen molar-refractivity contribution in [3.8, 4) is 0 Å². The minimum Gasteiger partial charge on any atom is -0.472 e. The van der Waals surface area contributed by atoms with Gasteiger partial charge in [-0.1, -0.05) is 0 Å². The molecule has 2 nitrogen and oxygen atoms in total. The van der Waals surface area contributed by atoms with Crippen LogP contribution in [0, 0.1) is 5.82 Å². The summed E-state index contributed by atoms with van der Waals surface area (Å²) in [4.78, 5) is 11.7. The predicted molar refractivity (Wildman–Crippen MR) is 53.5 cm³/mol. The molecule has 94 valence electrons. The molecule has 0 aliphatic carbocycles. The van der Waals surface area contributed by atoms with Crippen LogP contribution in [0.1, 0.15) is 21.5 Å². The van der Waals surface area contributed by atoms with E-state index in [4.69, 9.17) is 0 Å². The molecule has 2 aromatic rings. The smallest absolute Gasteiger partial charge is 0.419 e. The molecule has 0 aliphatic rings. The first-order valence-electron chi connectivity index (χ1n) is 4.83. The first-order chi connectivity index (χ1) is 8.39. The standard InChI is InChI=1S/C12H6F4O2/c13-10-2-1-7(5-9(10)12(14,15)16)11(17)8-3-4-18-6-8/h1-6H. The maximum absolute atomic E-state index is 13.0. The number of hydrogen-bond acceptors (Lipinski definition) is 2. The fraction of sp³-hybridized carbons (Fsp3) is 0.0833. The van der Waals surface area contributed by atoms with Crippen LogP contribution >= 0.6 is 0 Å². The van der Waals surface area contributed by atoms with Gasteiger partial charge in [-0.3, -0.25) is 4.79 Å². The summed E-state index contributed by atoms with van der Waals surface area (Å²) >= 11 is 0. The van der Waals surface area contributed by atoms with E-state index in [1.165, 1.54) is 12.3 Å². The largest absolute Gasteiger partial charge is 0.472 e. The molecule has 0 amide bonds. The molecule has 0 N–H and O–H groups in total. The lowest BCUT2D eigenvalue weighted by molar-refractivity contribution is -0.140. The monoisotopic (exact) mass is 258 g/mol. The summed E-state index contributed by atoms with van der Waals surface area (Å²) in [7, 11) is 0. The summed E-state index contributed by atoms with van der Waals surface area (Å²) in [6.45, 7) is 0. The second-order valence-corrected chi connectivity index (χ2v) is 3.53. The van der Waals surface area contributed by atoms with E-state index in [-0.39, 0.29) is 11.1 Å². The minimum absolute atomic E-state index is 0.106. The van der Waals surface area contributed by atoms with Crippen LogP contribution in [-0.4, -0.2) is 5.78 Å². The molecule has 1 aromatic carbocycles. The average molecular weight is 258 g/mol. The Morgan fingerprint density at radius 2 is 1.83 bits per heavy atom. The van der Waals surface area contributed by atoms with E-state index >= 15 is 0 Å². The molecule has 0 bridgehead atoms. The second-order valence-electron chi connectivity index (χ2n) is 3.53. The Kier molecular flexibility index (Phi) is 2.94. The van der Waals surface area contributed by atoms with Crippen LogP contribution in [0.5, 0.6) is 0 Å². The van der Waals surface area contributed by atoms with E-state index in [9.17, 15) is 22.4 Å². The highest BCUT2D eigenvalue weighted by Gasteiger charge is 2.34. The second kappa shape index (κ2) is 4.29. The number of carbonyl (C=O) groups excluding carboxylic acids is 1. The normalized spacial score (nSPS) is 11.6. The van der Waals surface area contributed by atoms with Crippen molar-refractivity contribution in [2.24, 2.45) is 0 Å². The Labute approximate surface area is 98.8 Å². The third-order valence-corrected chi connectivity index (χ3v) is 2.32. The van der Waals surface area contributed by atoms with Crippen molar-refractivity contribution < 1.29 is 26.8 Å². The minimum atomic E-state index is -4.84. The van der Waals surface area contributed by atoms with Gasteiger partial charge in [0.15, 0.2) is 5.78 Å². The molecule has 0 atom stereocenters. The SMILES string of the molecule is O=C(c1ccoc1)c1ccc(F)c(C(F)(F)F)c1. The summed E-state index contributed by atoms with van der Waals surface area (Å²) in [6, 6.07) is 3.43. The lowest BCUT2D eigenvalue weighted by Gasteiger charge is -2.09. The van der Waals surface area contributed by atoms with Crippen molar-refractivity contribution >= 4 is 5.78 Å². The summed E-state index contributed by atoms with van der Waals surface area (Å²) in [6.07, 6.45) is -2.50. The summed E-state index contributed by atoms with van der Waals surface area (Å²) in [5.41, 5.74) is -1.60. The molecule has 1 heterocycles. The number of halogens is 4. The highest BCUT2D eigenvalue weighted by Crippen LogP contribution is 2.32. The van der Waals surface area contributed by atoms with E-state index in [0.29, 0.717) is 12.1 Å². The Morgan fingerprint density at radius 3 is 2.39 bits per heavy atom. The molecular formula is C12H6F4O2. The van der Waals surface area contributed by atoms with Crippen molar-refractivity contribution in [1.29, 1.82) is 0 Å². The fourth-order valence-corrected chi connectivity index (χ4v) is 1.44. The van der Waals surface area contributed by atoms with Crippen LogP contribution in [0.4, 0.5) is 17.6 Å². The predicted octanol–water partition coefficient (Wildman–Crippen LogP) is 3.67. The van der Waals surface area contributed by atoms with Crippen molar-refractivity contribution in [3.05, 3.63) is 59.3 Å². The first-order valence-corrected chi connectivity index (χ1v) is 4.83. The zero-order valence-electron chi connectivity index (χ0n) is 8.79. The number of furan rings is 1. The van der Waals surface area contributed by atoms with Gasteiger partial charge in [-0.05, 0) is 24.3 Å². The van der Waals surface area contributed by atoms with Crippen molar-refractivity contribution in [2.75, 3.05) is 0 Å². The molecule has 0 unspecified atom stereocenters. The molecule has 0 spiro atoms. The van der Waals surface area contributed by atoms with Crippen LogP contribution in [0.3, 0.4) is 0 Å². The van der Waals surface area contributed by atoms with Gasteiger partial charge in [0.1, 0.15) is 12.1 Å². The number of carbonyl (C=O) groups is 1. The molecule has 0 saturated carbocycles. The van der Waals surface area contributed by atoms with Crippen LogP contribution in [0.2, 0.25) is 0 Å². The fourth-order valence-electron chi connectivity index (χ4n) is 1.44. The van der Waals surface area contributed by atoms with Gasteiger partial charge in [-0.25, -0.2) is 4.39 Å². The van der Waals surface area contributed by atoms with E-state index in [1.54, 1.807) is 0 Å². The molecule has 0 fully saturated rings. The number of ketones is 1. The van der Waals surface area contributed by atoms with Crippen LogP contribution in [0.15, 0.2) is 41.2 Å². The molecule has 18 heavy (non-hydrogen) atoms. The molecule has 6 heteroatoms. The Balaban J connectivity index is 2.45. The van der Waals surface area contributed by atoms with Crippen molar-refractivity contribution in [3.63, 3.8) is 0 Å². The number of alkyl halides is 3.